The standard InChI is InChI=1S/C6HClF4N2O5S/c7-19(16,17)5-3(8)4(18-6(9,10)11)2(1-12-5)13(14)15/h1H. The van der Waals surface area contributed by atoms with Gasteiger partial charge in [-0.2, -0.15) is 4.39 Å². The van der Waals surface area contributed by atoms with Crippen LogP contribution in [0, 0.1) is 15.9 Å². The molecule has 0 aliphatic rings. The molecule has 1 heterocycles. The molecule has 7 nitrogen and oxygen atoms in total. The molecule has 13 heteroatoms. The molecule has 0 unspecified atom stereocenters. The van der Waals surface area contributed by atoms with E-state index in [1.54, 1.807) is 0 Å². The second kappa shape index (κ2) is 4.77. The van der Waals surface area contributed by atoms with Gasteiger partial charge in [-0.3, -0.25) is 10.1 Å². The second-order valence-electron chi connectivity index (χ2n) is 2.83. The van der Waals surface area contributed by atoms with Crippen LogP contribution in [0.4, 0.5) is 23.2 Å². The van der Waals surface area contributed by atoms with E-state index in [0.29, 0.717) is 0 Å². The number of halogens is 5. The van der Waals surface area contributed by atoms with Crippen molar-refractivity contribution in [1.82, 2.24) is 4.98 Å². The van der Waals surface area contributed by atoms with Gasteiger partial charge in [0.15, 0.2) is 0 Å². The maximum atomic E-state index is 13.5. The van der Waals surface area contributed by atoms with E-state index in [0.717, 1.165) is 0 Å². The molecule has 0 bridgehead atoms. The van der Waals surface area contributed by atoms with Crippen LogP contribution in [0.15, 0.2) is 11.2 Å². The Bertz CT molecular complexity index is 631. The van der Waals surface area contributed by atoms with Gasteiger partial charge in [-0.1, -0.05) is 0 Å². The van der Waals surface area contributed by atoms with Gasteiger partial charge in [-0.05, 0) is 0 Å². The van der Waals surface area contributed by atoms with Gasteiger partial charge in [0.1, 0.15) is 6.20 Å². The molecule has 0 aromatic carbocycles. The Morgan fingerprint density at radius 2 is 1.95 bits per heavy atom. The maximum absolute atomic E-state index is 13.5. The SMILES string of the molecule is O=[N+]([O-])c1cnc(S(=O)(=O)Cl)c(F)c1OC(F)(F)F. The number of hydrogen-bond acceptors (Lipinski definition) is 6. The predicted molar refractivity (Wildman–Crippen MR) is 50.6 cm³/mol. The Hall–Kier alpha value is -1.69. The summed E-state index contributed by atoms with van der Waals surface area (Å²) in [6.45, 7) is 0. The molecule has 1 rings (SSSR count). The van der Waals surface area contributed by atoms with Crippen molar-refractivity contribution in [3.63, 3.8) is 0 Å². The number of pyridine rings is 1. The zero-order chi connectivity index (χ0) is 15.0. The van der Waals surface area contributed by atoms with Crippen molar-refractivity contribution in [1.29, 1.82) is 0 Å². The Kier molecular flexibility index (Phi) is 3.86. The normalized spacial score (nSPS) is 12.3. The smallest absolute Gasteiger partial charge is 0.395 e. The molecule has 0 saturated heterocycles. The third kappa shape index (κ3) is 3.64. The van der Waals surface area contributed by atoms with Gasteiger partial charge in [0, 0.05) is 10.7 Å². The number of nitro groups is 1. The molecule has 0 spiro atoms. The molecule has 0 radical (unpaired) electrons. The lowest BCUT2D eigenvalue weighted by Gasteiger charge is -2.10. The number of rotatable bonds is 3. The summed E-state index contributed by atoms with van der Waals surface area (Å²) in [6, 6.07) is 0. The molecule has 0 atom stereocenters. The van der Waals surface area contributed by atoms with E-state index < -0.39 is 42.6 Å². The van der Waals surface area contributed by atoms with Gasteiger partial charge in [-0.25, -0.2) is 13.4 Å². The lowest BCUT2D eigenvalue weighted by Crippen LogP contribution is -2.20. The quantitative estimate of drug-likeness (QED) is 0.365. The number of hydrogen-bond donors (Lipinski definition) is 0. The largest absolute Gasteiger partial charge is 0.573 e. The van der Waals surface area contributed by atoms with Gasteiger partial charge in [-0.15, -0.1) is 13.2 Å². The topological polar surface area (TPSA) is 99.4 Å². The van der Waals surface area contributed by atoms with Crippen molar-refractivity contribution in [3.05, 3.63) is 22.1 Å². The van der Waals surface area contributed by atoms with Gasteiger partial charge in [0.05, 0.1) is 4.92 Å². The lowest BCUT2D eigenvalue weighted by molar-refractivity contribution is -0.389. The molecule has 0 amide bonds. The molecule has 106 valence electrons. The van der Waals surface area contributed by atoms with E-state index in [2.05, 4.69) is 9.72 Å². The van der Waals surface area contributed by atoms with Crippen LogP contribution in [-0.2, 0) is 9.05 Å². The highest BCUT2D eigenvalue weighted by Crippen LogP contribution is 2.36. The minimum absolute atomic E-state index is 0.0828. The van der Waals surface area contributed by atoms with E-state index in [-0.39, 0.29) is 6.20 Å². The minimum Gasteiger partial charge on any atom is -0.395 e. The third-order valence-electron chi connectivity index (χ3n) is 1.57. The fraction of sp³-hybridized carbons (Fsp3) is 0.167. The van der Waals surface area contributed by atoms with E-state index >= 15 is 0 Å². The van der Waals surface area contributed by atoms with E-state index in [4.69, 9.17) is 10.7 Å². The van der Waals surface area contributed by atoms with Crippen molar-refractivity contribution >= 4 is 25.4 Å². The van der Waals surface area contributed by atoms with E-state index in [1.807, 2.05) is 0 Å². The Morgan fingerprint density at radius 3 is 2.32 bits per heavy atom. The first kappa shape index (κ1) is 15.4. The summed E-state index contributed by atoms with van der Waals surface area (Å²) in [5.41, 5.74) is -1.50. The van der Waals surface area contributed by atoms with Crippen LogP contribution in [-0.4, -0.2) is 24.7 Å². The first-order valence-electron chi connectivity index (χ1n) is 3.97. The zero-order valence-electron chi connectivity index (χ0n) is 8.31. The summed E-state index contributed by atoms with van der Waals surface area (Å²) in [7, 11) is -0.136. The molecule has 0 saturated carbocycles. The van der Waals surface area contributed by atoms with Crippen molar-refractivity contribution in [2.45, 2.75) is 11.4 Å². The highest BCUT2D eigenvalue weighted by Gasteiger charge is 2.39. The number of ether oxygens (including phenoxy) is 1. The van der Waals surface area contributed by atoms with Crippen LogP contribution in [0.1, 0.15) is 0 Å². The Morgan fingerprint density at radius 1 is 1.42 bits per heavy atom. The summed E-state index contributed by atoms with van der Waals surface area (Å²) in [4.78, 5) is 11.7. The monoisotopic (exact) mass is 324 g/mol. The average molecular weight is 325 g/mol. The van der Waals surface area contributed by atoms with Crippen LogP contribution in [0.5, 0.6) is 5.75 Å². The number of nitrogens with zero attached hydrogens (tertiary/aromatic N) is 2. The van der Waals surface area contributed by atoms with Crippen LogP contribution in [0.2, 0.25) is 0 Å². The first-order chi connectivity index (χ1) is 8.43. The van der Waals surface area contributed by atoms with Crippen molar-refractivity contribution in [2.24, 2.45) is 0 Å². The molecular weight excluding hydrogens is 324 g/mol. The Balaban J connectivity index is 3.58. The van der Waals surface area contributed by atoms with Crippen molar-refractivity contribution in [3.8, 4) is 5.75 Å². The van der Waals surface area contributed by atoms with Gasteiger partial charge >= 0.3 is 12.0 Å². The second-order valence-corrected chi connectivity index (χ2v) is 5.32. The number of aromatic nitrogens is 1. The fourth-order valence-corrected chi connectivity index (χ4v) is 1.77. The minimum atomic E-state index is -5.47. The molecule has 1 aromatic heterocycles. The summed E-state index contributed by atoms with van der Waals surface area (Å²) in [6.07, 6.45) is -5.39. The first-order valence-corrected chi connectivity index (χ1v) is 6.27. The molecular formula is C6HClF4N2O5S. The predicted octanol–water partition coefficient (Wildman–Crippen LogP) is 1.95. The summed E-state index contributed by atoms with van der Waals surface area (Å²) < 4.78 is 74.1. The Labute approximate surface area is 106 Å². The van der Waals surface area contributed by atoms with E-state index in [1.165, 1.54) is 0 Å². The third-order valence-corrected chi connectivity index (χ3v) is 2.75. The number of alkyl halides is 3. The summed E-state index contributed by atoms with van der Waals surface area (Å²) in [5, 5.41) is 8.78. The molecule has 0 aliphatic heterocycles. The highest BCUT2D eigenvalue weighted by molar-refractivity contribution is 8.13. The van der Waals surface area contributed by atoms with Crippen LogP contribution >= 0.6 is 10.7 Å². The fourth-order valence-electron chi connectivity index (χ4n) is 0.957. The lowest BCUT2D eigenvalue weighted by atomic mass is 10.4. The van der Waals surface area contributed by atoms with E-state index in [9.17, 15) is 36.1 Å². The molecule has 0 aliphatic carbocycles. The van der Waals surface area contributed by atoms with Crippen molar-refractivity contribution in [2.75, 3.05) is 0 Å². The summed E-state index contributed by atoms with van der Waals surface area (Å²) >= 11 is 0. The van der Waals surface area contributed by atoms with Crippen molar-refractivity contribution < 1.29 is 35.6 Å². The van der Waals surface area contributed by atoms with Gasteiger partial charge in [0.2, 0.25) is 16.6 Å². The van der Waals surface area contributed by atoms with Crippen LogP contribution in [0.3, 0.4) is 0 Å². The maximum Gasteiger partial charge on any atom is 0.573 e. The molecule has 19 heavy (non-hydrogen) atoms. The van der Waals surface area contributed by atoms with Gasteiger partial charge in [0.25, 0.3) is 9.05 Å². The van der Waals surface area contributed by atoms with Crippen LogP contribution < -0.4 is 4.74 Å². The molecule has 0 N–H and O–H groups in total. The molecule has 0 fully saturated rings. The highest BCUT2D eigenvalue weighted by atomic mass is 35.7. The average Bonchev–Trinajstić information content (AvgIpc) is 2.16. The summed E-state index contributed by atoms with van der Waals surface area (Å²) in [5.74, 6) is -4.15. The van der Waals surface area contributed by atoms with Gasteiger partial charge < -0.3 is 4.74 Å². The zero-order valence-corrected chi connectivity index (χ0v) is 9.88. The molecule has 1 aromatic rings. The van der Waals surface area contributed by atoms with Crippen LogP contribution in [0.25, 0.3) is 0 Å².